The number of benzene rings is 1. The molecule has 0 spiro atoms. The molecule has 0 heterocycles. The van der Waals surface area contributed by atoms with Crippen LogP contribution in [0.5, 0.6) is 5.75 Å². The number of halogens is 5. The molecule has 0 atom stereocenters. The van der Waals surface area contributed by atoms with E-state index in [1.807, 2.05) is 0 Å². The molecule has 0 radical (unpaired) electrons. The van der Waals surface area contributed by atoms with Crippen LogP contribution in [0.3, 0.4) is 0 Å². The Kier molecular flexibility index (Phi) is 5.26. The van der Waals surface area contributed by atoms with Crippen molar-refractivity contribution in [3.63, 3.8) is 0 Å². The minimum absolute atomic E-state index is 0. The van der Waals surface area contributed by atoms with Gasteiger partial charge in [-0.3, -0.25) is 0 Å². The molecule has 7 heteroatoms. The molecule has 0 fully saturated rings. The molecule has 0 bridgehead atoms. The van der Waals surface area contributed by atoms with Crippen LogP contribution in [0.15, 0.2) is 0 Å². The minimum Gasteiger partial charge on any atom is -0.868 e. The van der Waals surface area contributed by atoms with Crippen molar-refractivity contribution in [1.29, 1.82) is 0 Å². The predicted octanol–water partition coefficient (Wildman–Crippen LogP) is -1.54. The second kappa shape index (κ2) is 4.99. The fourth-order valence-electron chi connectivity index (χ4n) is 0.585. The first-order valence-corrected chi connectivity index (χ1v) is 2.65. The van der Waals surface area contributed by atoms with Crippen LogP contribution in [0.1, 0.15) is 0 Å². The second-order valence-corrected chi connectivity index (χ2v) is 1.90. The van der Waals surface area contributed by atoms with E-state index in [9.17, 15) is 27.1 Å². The molecule has 0 saturated carbocycles. The Morgan fingerprint density at radius 2 is 0.846 bits per heavy atom. The van der Waals surface area contributed by atoms with Crippen molar-refractivity contribution in [3.05, 3.63) is 29.1 Å². The standard InChI is InChI=1S/C6HF5O.Cs/c7-1-2(8)4(10)6(12)5(11)3(1)9;/h12H;/q;+1/p-1. The summed E-state index contributed by atoms with van der Waals surface area (Å²) in [6.45, 7) is 0. The van der Waals surface area contributed by atoms with Crippen LogP contribution in [-0.4, -0.2) is 0 Å². The van der Waals surface area contributed by atoms with Gasteiger partial charge in [-0.25, -0.2) is 22.0 Å². The molecule has 0 aliphatic carbocycles. The maximum Gasteiger partial charge on any atom is 1.00 e. The first-order chi connectivity index (χ1) is 5.46. The van der Waals surface area contributed by atoms with Gasteiger partial charge in [-0.05, 0) is 5.75 Å². The second-order valence-electron chi connectivity index (χ2n) is 1.90. The quantitative estimate of drug-likeness (QED) is 0.323. The van der Waals surface area contributed by atoms with Gasteiger partial charge in [-0.15, -0.1) is 0 Å². The molecule has 1 rings (SSSR count). The SMILES string of the molecule is [Cs+].[O-]c1c(F)c(F)c(F)c(F)c1F. The molecule has 0 aromatic heterocycles. The Morgan fingerprint density at radius 1 is 0.615 bits per heavy atom. The Hall–Kier alpha value is 0.722. The summed E-state index contributed by atoms with van der Waals surface area (Å²) in [4.78, 5) is 0. The summed E-state index contributed by atoms with van der Waals surface area (Å²) >= 11 is 0. The fourth-order valence-corrected chi connectivity index (χ4v) is 0.585. The summed E-state index contributed by atoms with van der Waals surface area (Å²) in [6.07, 6.45) is 0. The van der Waals surface area contributed by atoms with E-state index in [4.69, 9.17) is 0 Å². The first-order valence-electron chi connectivity index (χ1n) is 2.65. The van der Waals surface area contributed by atoms with E-state index in [-0.39, 0.29) is 68.9 Å². The third-order valence-corrected chi connectivity index (χ3v) is 1.17. The zero-order valence-corrected chi connectivity index (χ0v) is 12.6. The third-order valence-electron chi connectivity index (χ3n) is 1.17. The van der Waals surface area contributed by atoms with Crippen molar-refractivity contribution in [2.75, 3.05) is 0 Å². The van der Waals surface area contributed by atoms with Gasteiger partial charge in [0.05, 0.1) is 0 Å². The van der Waals surface area contributed by atoms with Crippen molar-refractivity contribution in [1.82, 2.24) is 0 Å². The van der Waals surface area contributed by atoms with E-state index in [1.54, 1.807) is 0 Å². The average Bonchev–Trinajstić information content (AvgIpc) is 2.08. The molecule has 0 aliphatic heterocycles. The van der Waals surface area contributed by atoms with Crippen LogP contribution in [0.2, 0.25) is 0 Å². The van der Waals surface area contributed by atoms with Crippen molar-refractivity contribution in [2.45, 2.75) is 0 Å². The number of rotatable bonds is 0. The summed E-state index contributed by atoms with van der Waals surface area (Å²) in [6, 6.07) is 0. The summed E-state index contributed by atoms with van der Waals surface area (Å²) in [5, 5.41) is 10.2. The van der Waals surface area contributed by atoms with E-state index in [0.29, 0.717) is 0 Å². The average molecular weight is 316 g/mol. The number of hydrogen-bond donors (Lipinski definition) is 0. The van der Waals surface area contributed by atoms with Crippen LogP contribution >= 0.6 is 0 Å². The summed E-state index contributed by atoms with van der Waals surface area (Å²) in [5.41, 5.74) is 0. The Morgan fingerprint density at radius 3 is 1.15 bits per heavy atom. The Balaban J connectivity index is 0.00000144. The molecule has 1 aromatic rings. The van der Waals surface area contributed by atoms with Gasteiger partial charge in [0.25, 0.3) is 0 Å². The Labute approximate surface area is 128 Å². The van der Waals surface area contributed by atoms with Gasteiger partial charge in [-0.1, -0.05) is 0 Å². The van der Waals surface area contributed by atoms with Crippen LogP contribution in [0.4, 0.5) is 22.0 Å². The maximum absolute atomic E-state index is 12.1. The molecule has 0 N–H and O–H groups in total. The zero-order valence-electron chi connectivity index (χ0n) is 6.30. The molecular weight excluding hydrogens is 316 g/mol. The molecule has 13 heavy (non-hydrogen) atoms. The largest absolute Gasteiger partial charge is 1.00 e. The topological polar surface area (TPSA) is 23.1 Å². The molecule has 1 nitrogen and oxygen atoms in total. The Bertz CT molecular complexity index is 235. The van der Waals surface area contributed by atoms with Gasteiger partial charge in [-0.2, -0.15) is 0 Å². The van der Waals surface area contributed by atoms with E-state index < -0.39 is 34.8 Å². The number of hydrogen-bond acceptors (Lipinski definition) is 1. The molecule has 0 saturated heterocycles. The smallest absolute Gasteiger partial charge is 0.868 e. The summed E-state index contributed by atoms with van der Waals surface area (Å²) in [5.74, 6) is -13.6. The molecule has 0 unspecified atom stereocenters. The van der Waals surface area contributed by atoms with Gasteiger partial charge >= 0.3 is 68.9 Å². The van der Waals surface area contributed by atoms with Crippen LogP contribution in [0, 0.1) is 29.1 Å². The fraction of sp³-hybridized carbons (Fsp3) is 0. The van der Waals surface area contributed by atoms with Crippen LogP contribution in [0.25, 0.3) is 0 Å². The van der Waals surface area contributed by atoms with Gasteiger partial charge in [0.2, 0.25) is 0 Å². The van der Waals surface area contributed by atoms with E-state index in [1.165, 1.54) is 0 Å². The van der Waals surface area contributed by atoms with Gasteiger partial charge in [0, 0.05) is 0 Å². The van der Waals surface area contributed by atoms with Gasteiger partial charge in [0.1, 0.15) is 0 Å². The molecular formula is C6CsF5O. The molecule has 0 aliphatic rings. The van der Waals surface area contributed by atoms with Crippen LogP contribution in [-0.2, 0) is 0 Å². The van der Waals surface area contributed by atoms with Crippen molar-refractivity contribution >= 4 is 0 Å². The summed E-state index contributed by atoms with van der Waals surface area (Å²) in [7, 11) is 0. The van der Waals surface area contributed by atoms with Crippen LogP contribution < -0.4 is 74.0 Å². The third kappa shape index (κ3) is 2.39. The zero-order chi connectivity index (χ0) is 9.46. The minimum atomic E-state index is -2.33. The predicted molar refractivity (Wildman–Crippen MR) is 25.7 cm³/mol. The molecule has 66 valence electrons. The van der Waals surface area contributed by atoms with E-state index >= 15 is 0 Å². The maximum atomic E-state index is 12.1. The summed E-state index contributed by atoms with van der Waals surface area (Å²) < 4.78 is 60.4. The first kappa shape index (κ1) is 13.7. The van der Waals surface area contributed by atoms with E-state index in [2.05, 4.69) is 0 Å². The van der Waals surface area contributed by atoms with Crippen molar-refractivity contribution < 1.29 is 96.0 Å². The monoisotopic (exact) mass is 316 g/mol. The molecule has 0 amide bonds. The van der Waals surface area contributed by atoms with Crippen molar-refractivity contribution in [2.24, 2.45) is 0 Å². The van der Waals surface area contributed by atoms with E-state index in [0.717, 1.165) is 0 Å². The van der Waals surface area contributed by atoms with Gasteiger partial charge < -0.3 is 5.11 Å². The van der Waals surface area contributed by atoms with Crippen molar-refractivity contribution in [3.8, 4) is 5.75 Å². The van der Waals surface area contributed by atoms with Gasteiger partial charge in [0.15, 0.2) is 29.1 Å². The molecule has 1 aromatic carbocycles. The normalized spacial score (nSPS) is 9.62.